The predicted molar refractivity (Wildman–Crippen MR) is 52.8 cm³/mol. The van der Waals surface area contributed by atoms with Gasteiger partial charge in [-0.2, -0.15) is 0 Å². The Morgan fingerprint density at radius 2 is 2.21 bits per heavy atom. The summed E-state index contributed by atoms with van der Waals surface area (Å²) in [5, 5.41) is 0. The molecule has 0 aliphatic carbocycles. The molecule has 1 aliphatic rings. The van der Waals surface area contributed by atoms with Crippen LogP contribution in [0.4, 0.5) is 0 Å². The van der Waals surface area contributed by atoms with Gasteiger partial charge in [-0.3, -0.25) is 4.79 Å². The van der Waals surface area contributed by atoms with Crippen molar-refractivity contribution < 1.29 is 9.21 Å². The van der Waals surface area contributed by atoms with E-state index in [1.54, 1.807) is 6.26 Å². The second-order valence-corrected chi connectivity index (χ2v) is 3.67. The summed E-state index contributed by atoms with van der Waals surface area (Å²) in [5.41, 5.74) is 0. The lowest BCUT2D eigenvalue weighted by atomic mass is 10.2. The number of hydrogen-bond donors (Lipinski definition) is 0. The van der Waals surface area contributed by atoms with Gasteiger partial charge in [0, 0.05) is 25.9 Å². The van der Waals surface area contributed by atoms with Crippen molar-refractivity contribution >= 4 is 5.91 Å². The Labute approximate surface area is 83.7 Å². The van der Waals surface area contributed by atoms with Crippen molar-refractivity contribution in [2.75, 3.05) is 13.1 Å². The van der Waals surface area contributed by atoms with Crippen LogP contribution in [0.15, 0.2) is 22.8 Å². The Balaban J connectivity index is 1.77. The second kappa shape index (κ2) is 4.31. The maximum Gasteiger partial charge on any atom is 0.223 e. The van der Waals surface area contributed by atoms with Gasteiger partial charge >= 0.3 is 0 Å². The van der Waals surface area contributed by atoms with E-state index >= 15 is 0 Å². The first-order valence-electron chi connectivity index (χ1n) is 5.16. The van der Waals surface area contributed by atoms with E-state index in [1.807, 2.05) is 17.0 Å². The molecule has 1 amide bonds. The average Bonchev–Trinajstić information content (AvgIpc) is 2.87. The van der Waals surface area contributed by atoms with Crippen molar-refractivity contribution in [2.24, 2.45) is 0 Å². The smallest absolute Gasteiger partial charge is 0.223 e. The van der Waals surface area contributed by atoms with E-state index in [0.717, 1.165) is 38.1 Å². The number of likely N-dealkylation sites (tertiary alicyclic amines) is 1. The summed E-state index contributed by atoms with van der Waals surface area (Å²) in [6, 6.07) is 3.77. The Kier molecular flexibility index (Phi) is 2.87. The monoisotopic (exact) mass is 193 g/mol. The van der Waals surface area contributed by atoms with Gasteiger partial charge in [-0.1, -0.05) is 0 Å². The van der Waals surface area contributed by atoms with Crippen molar-refractivity contribution in [2.45, 2.75) is 25.7 Å². The van der Waals surface area contributed by atoms with Crippen LogP contribution < -0.4 is 0 Å². The number of amides is 1. The minimum absolute atomic E-state index is 0.263. The van der Waals surface area contributed by atoms with Gasteiger partial charge in [0.2, 0.25) is 5.91 Å². The molecule has 2 rings (SSSR count). The second-order valence-electron chi connectivity index (χ2n) is 3.67. The molecule has 3 nitrogen and oxygen atoms in total. The fourth-order valence-corrected chi connectivity index (χ4v) is 1.81. The zero-order valence-electron chi connectivity index (χ0n) is 8.24. The summed E-state index contributed by atoms with van der Waals surface area (Å²) in [6.07, 6.45) is 5.27. The summed E-state index contributed by atoms with van der Waals surface area (Å²) >= 11 is 0. The zero-order valence-corrected chi connectivity index (χ0v) is 8.24. The third-order valence-electron chi connectivity index (χ3n) is 2.62. The first kappa shape index (κ1) is 9.31. The maximum atomic E-state index is 11.6. The van der Waals surface area contributed by atoms with Crippen molar-refractivity contribution in [3.8, 4) is 0 Å². The molecule has 0 aromatic carbocycles. The van der Waals surface area contributed by atoms with Gasteiger partial charge in [-0.15, -0.1) is 0 Å². The number of rotatable bonds is 3. The van der Waals surface area contributed by atoms with E-state index in [-0.39, 0.29) is 5.91 Å². The number of carbonyl (C=O) groups excluding carboxylic acids is 1. The third-order valence-corrected chi connectivity index (χ3v) is 2.62. The lowest BCUT2D eigenvalue weighted by Gasteiger charge is -2.14. The zero-order chi connectivity index (χ0) is 9.80. The number of hydrogen-bond acceptors (Lipinski definition) is 2. The molecule has 3 heteroatoms. The normalized spacial score (nSPS) is 16.1. The van der Waals surface area contributed by atoms with Gasteiger partial charge < -0.3 is 9.32 Å². The summed E-state index contributed by atoms with van der Waals surface area (Å²) in [5.74, 6) is 1.16. The molecular formula is C11H15NO2. The lowest BCUT2D eigenvalue weighted by molar-refractivity contribution is -0.130. The van der Waals surface area contributed by atoms with Crippen LogP contribution in [0.5, 0.6) is 0 Å². The van der Waals surface area contributed by atoms with Gasteiger partial charge in [0.25, 0.3) is 0 Å². The van der Waals surface area contributed by atoms with Gasteiger partial charge in [-0.25, -0.2) is 0 Å². The fraction of sp³-hybridized carbons (Fsp3) is 0.545. The van der Waals surface area contributed by atoms with Crippen molar-refractivity contribution in [3.63, 3.8) is 0 Å². The van der Waals surface area contributed by atoms with Gasteiger partial charge in [0.15, 0.2) is 0 Å². The van der Waals surface area contributed by atoms with Crippen LogP contribution in [-0.4, -0.2) is 23.9 Å². The molecule has 0 bridgehead atoms. The van der Waals surface area contributed by atoms with Crippen LogP contribution in [0.1, 0.15) is 25.0 Å². The Morgan fingerprint density at radius 3 is 2.86 bits per heavy atom. The summed E-state index contributed by atoms with van der Waals surface area (Å²) in [7, 11) is 0. The first-order chi connectivity index (χ1) is 6.86. The van der Waals surface area contributed by atoms with Crippen LogP contribution in [-0.2, 0) is 11.2 Å². The van der Waals surface area contributed by atoms with Crippen molar-refractivity contribution in [1.29, 1.82) is 0 Å². The molecule has 0 unspecified atom stereocenters. The van der Waals surface area contributed by atoms with Crippen molar-refractivity contribution in [3.05, 3.63) is 24.2 Å². The molecule has 0 radical (unpaired) electrons. The van der Waals surface area contributed by atoms with E-state index in [1.165, 1.54) is 0 Å². The highest BCUT2D eigenvalue weighted by atomic mass is 16.3. The van der Waals surface area contributed by atoms with E-state index < -0.39 is 0 Å². The highest BCUT2D eigenvalue weighted by Crippen LogP contribution is 2.11. The number of aryl methyl sites for hydroxylation is 1. The highest BCUT2D eigenvalue weighted by molar-refractivity contribution is 5.76. The Morgan fingerprint density at radius 1 is 1.43 bits per heavy atom. The number of nitrogens with zero attached hydrogens (tertiary/aromatic N) is 1. The largest absolute Gasteiger partial charge is 0.469 e. The molecule has 1 aromatic rings. The van der Waals surface area contributed by atoms with Gasteiger partial charge in [0.1, 0.15) is 5.76 Å². The highest BCUT2D eigenvalue weighted by Gasteiger charge is 2.17. The molecule has 76 valence electrons. The molecule has 1 fully saturated rings. The molecule has 1 aromatic heterocycles. The van der Waals surface area contributed by atoms with E-state index in [2.05, 4.69) is 0 Å². The van der Waals surface area contributed by atoms with Gasteiger partial charge in [-0.05, 0) is 25.0 Å². The van der Waals surface area contributed by atoms with E-state index in [9.17, 15) is 4.79 Å². The summed E-state index contributed by atoms with van der Waals surface area (Å²) in [4.78, 5) is 13.6. The molecule has 14 heavy (non-hydrogen) atoms. The minimum atomic E-state index is 0.263. The van der Waals surface area contributed by atoms with E-state index in [0.29, 0.717) is 6.42 Å². The topological polar surface area (TPSA) is 33.5 Å². The lowest BCUT2D eigenvalue weighted by Crippen LogP contribution is -2.27. The number of carbonyl (C=O) groups is 1. The first-order valence-corrected chi connectivity index (χ1v) is 5.16. The SMILES string of the molecule is O=C(CCc1ccco1)N1CCCC1. The number of furan rings is 1. The maximum absolute atomic E-state index is 11.6. The molecule has 0 N–H and O–H groups in total. The average molecular weight is 193 g/mol. The molecule has 0 spiro atoms. The molecule has 2 heterocycles. The molecule has 0 saturated carbocycles. The quantitative estimate of drug-likeness (QED) is 0.733. The van der Waals surface area contributed by atoms with Crippen molar-refractivity contribution in [1.82, 2.24) is 4.90 Å². The van der Waals surface area contributed by atoms with Gasteiger partial charge in [0.05, 0.1) is 6.26 Å². The van der Waals surface area contributed by atoms with Crippen LogP contribution >= 0.6 is 0 Å². The van der Waals surface area contributed by atoms with Crippen LogP contribution in [0.2, 0.25) is 0 Å². The fourth-order valence-electron chi connectivity index (χ4n) is 1.81. The minimum Gasteiger partial charge on any atom is -0.469 e. The molecule has 0 atom stereocenters. The van der Waals surface area contributed by atoms with Crippen LogP contribution in [0, 0.1) is 0 Å². The standard InChI is InChI=1S/C11H15NO2/c13-11(12-7-1-2-8-12)6-5-10-4-3-9-14-10/h3-4,9H,1-2,5-8H2. The Bertz CT molecular complexity index is 286. The predicted octanol–water partition coefficient (Wildman–Crippen LogP) is 1.83. The summed E-state index contributed by atoms with van der Waals surface area (Å²) < 4.78 is 5.18. The molecule has 1 aliphatic heterocycles. The summed E-state index contributed by atoms with van der Waals surface area (Å²) in [6.45, 7) is 1.88. The Hall–Kier alpha value is -1.25. The van der Waals surface area contributed by atoms with E-state index in [4.69, 9.17) is 4.42 Å². The third kappa shape index (κ3) is 2.16. The van der Waals surface area contributed by atoms with Crippen LogP contribution in [0.25, 0.3) is 0 Å². The molecule has 1 saturated heterocycles. The molecular weight excluding hydrogens is 178 g/mol. The van der Waals surface area contributed by atoms with Crippen LogP contribution in [0.3, 0.4) is 0 Å².